The Bertz CT molecular complexity index is 614. The van der Waals surface area contributed by atoms with Gasteiger partial charge >= 0.3 is 0 Å². The van der Waals surface area contributed by atoms with Gasteiger partial charge in [0.25, 0.3) is 5.91 Å². The van der Waals surface area contributed by atoms with Crippen molar-refractivity contribution in [3.05, 3.63) is 50.9 Å². The van der Waals surface area contributed by atoms with Crippen LogP contribution in [0, 0.1) is 5.82 Å². The van der Waals surface area contributed by atoms with Crippen LogP contribution in [0.3, 0.4) is 0 Å². The molecule has 0 spiro atoms. The van der Waals surface area contributed by atoms with Crippen molar-refractivity contribution in [2.75, 3.05) is 12.8 Å². The van der Waals surface area contributed by atoms with Crippen molar-refractivity contribution in [2.24, 2.45) is 0 Å². The number of halogens is 2. The van der Waals surface area contributed by atoms with E-state index < -0.39 is 5.82 Å². The standard InChI is InChI=1S/C13H12ClFN2OS/c1-17(7-9-3-5-12(14)19-9)13(18)8-2-4-11(16)10(15)6-8/h2-6H,7,16H2,1H3. The van der Waals surface area contributed by atoms with Crippen LogP contribution < -0.4 is 5.73 Å². The number of nitrogen functional groups attached to an aromatic ring is 1. The lowest BCUT2D eigenvalue weighted by Gasteiger charge is -2.16. The molecule has 0 atom stereocenters. The number of amides is 1. The third kappa shape index (κ3) is 3.24. The minimum atomic E-state index is -0.585. The van der Waals surface area contributed by atoms with E-state index in [1.54, 1.807) is 13.1 Å². The number of carbonyl (C=O) groups excluding carboxylic acids is 1. The van der Waals surface area contributed by atoms with Crippen LogP contribution in [-0.4, -0.2) is 17.9 Å². The molecule has 0 unspecified atom stereocenters. The number of nitrogens with two attached hydrogens (primary N) is 1. The molecular formula is C13H12ClFN2OS. The Balaban J connectivity index is 2.12. The van der Waals surface area contributed by atoms with E-state index in [1.165, 1.54) is 28.4 Å². The molecule has 0 fully saturated rings. The molecule has 1 amide bonds. The first-order chi connectivity index (χ1) is 8.97. The summed E-state index contributed by atoms with van der Waals surface area (Å²) >= 11 is 7.24. The molecular weight excluding hydrogens is 287 g/mol. The molecule has 0 aliphatic heterocycles. The lowest BCUT2D eigenvalue weighted by Crippen LogP contribution is -2.25. The molecule has 0 aliphatic rings. The second-order valence-corrected chi connectivity index (χ2v) is 5.90. The van der Waals surface area contributed by atoms with Gasteiger partial charge in [0, 0.05) is 17.5 Å². The first-order valence-corrected chi connectivity index (χ1v) is 6.71. The van der Waals surface area contributed by atoms with E-state index in [2.05, 4.69) is 0 Å². The number of carbonyl (C=O) groups is 1. The van der Waals surface area contributed by atoms with Crippen LogP contribution in [0.25, 0.3) is 0 Å². The van der Waals surface area contributed by atoms with E-state index >= 15 is 0 Å². The quantitative estimate of drug-likeness (QED) is 0.883. The van der Waals surface area contributed by atoms with Crippen molar-refractivity contribution in [2.45, 2.75) is 6.54 Å². The molecule has 0 bridgehead atoms. The molecule has 1 heterocycles. The Hall–Kier alpha value is -1.59. The summed E-state index contributed by atoms with van der Waals surface area (Å²) in [5.74, 6) is -0.846. The highest BCUT2D eigenvalue weighted by molar-refractivity contribution is 7.16. The van der Waals surface area contributed by atoms with E-state index in [0.29, 0.717) is 10.9 Å². The Morgan fingerprint density at radius 2 is 2.16 bits per heavy atom. The van der Waals surface area contributed by atoms with Crippen molar-refractivity contribution in [1.29, 1.82) is 0 Å². The lowest BCUT2D eigenvalue weighted by molar-refractivity contribution is 0.0786. The minimum absolute atomic E-state index is 0.0317. The molecule has 0 aliphatic carbocycles. The van der Waals surface area contributed by atoms with E-state index in [4.69, 9.17) is 17.3 Å². The summed E-state index contributed by atoms with van der Waals surface area (Å²) in [4.78, 5) is 14.6. The molecule has 19 heavy (non-hydrogen) atoms. The molecule has 2 N–H and O–H groups in total. The van der Waals surface area contributed by atoms with Gasteiger partial charge < -0.3 is 10.6 Å². The first kappa shape index (κ1) is 13.8. The molecule has 1 aromatic heterocycles. The number of hydrogen-bond acceptors (Lipinski definition) is 3. The third-order valence-corrected chi connectivity index (χ3v) is 3.83. The number of thiophene rings is 1. The number of nitrogens with zero attached hydrogens (tertiary/aromatic N) is 1. The highest BCUT2D eigenvalue weighted by Gasteiger charge is 2.14. The molecule has 3 nitrogen and oxygen atoms in total. The molecule has 0 saturated heterocycles. The summed E-state index contributed by atoms with van der Waals surface area (Å²) in [5.41, 5.74) is 5.68. The zero-order valence-corrected chi connectivity index (χ0v) is 11.8. The van der Waals surface area contributed by atoms with Gasteiger partial charge in [-0.15, -0.1) is 11.3 Å². The van der Waals surface area contributed by atoms with E-state index in [-0.39, 0.29) is 17.2 Å². The molecule has 0 saturated carbocycles. The second-order valence-electron chi connectivity index (χ2n) is 4.10. The zero-order valence-electron chi connectivity index (χ0n) is 10.2. The van der Waals surface area contributed by atoms with Crippen LogP contribution >= 0.6 is 22.9 Å². The summed E-state index contributed by atoms with van der Waals surface area (Å²) in [7, 11) is 1.66. The van der Waals surface area contributed by atoms with E-state index in [9.17, 15) is 9.18 Å². The van der Waals surface area contributed by atoms with Gasteiger partial charge in [0.2, 0.25) is 0 Å². The van der Waals surface area contributed by atoms with Gasteiger partial charge in [0.1, 0.15) is 5.82 Å². The average molecular weight is 299 g/mol. The van der Waals surface area contributed by atoms with Crippen molar-refractivity contribution >= 4 is 34.5 Å². The van der Waals surface area contributed by atoms with Crippen molar-refractivity contribution in [1.82, 2.24) is 4.90 Å². The second kappa shape index (κ2) is 5.59. The van der Waals surface area contributed by atoms with Gasteiger partial charge in [-0.05, 0) is 30.3 Å². The smallest absolute Gasteiger partial charge is 0.254 e. The van der Waals surface area contributed by atoms with Crippen LogP contribution in [0.4, 0.5) is 10.1 Å². The van der Waals surface area contributed by atoms with Gasteiger partial charge in [0.15, 0.2) is 0 Å². The number of anilines is 1. The molecule has 100 valence electrons. The van der Waals surface area contributed by atoms with Crippen LogP contribution in [0.1, 0.15) is 15.2 Å². The first-order valence-electron chi connectivity index (χ1n) is 5.52. The Kier molecular flexibility index (Phi) is 4.07. The monoisotopic (exact) mass is 298 g/mol. The highest BCUT2D eigenvalue weighted by atomic mass is 35.5. The maximum Gasteiger partial charge on any atom is 0.254 e. The van der Waals surface area contributed by atoms with Crippen LogP contribution in [0.2, 0.25) is 4.34 Å². The van der Waals surface area contributed by atoms with Crippen molar-refractivity contribution in [3.63, 3.8) is 0 Å². The summed E-state index contributed by atoms with van der Waals surface area (Å²) in [6.45, 7) is 0.433. The predicted octanol–water partition coefficient (Wildman–Crippen LogP) is 3.40. The number of rotatable bonds is 3. The number of benzene rings is 1. The zero-order chi connectivity index (χ0) is 14.0. The average Bonchev–Trinajstić information content (AvgIpc) is 2.77. The van der Waals surface area contributed by atoms with E-state index in [0.717, 1.165) is 10.9 Å². The topological polar surface area (TPSA) is 46.3 Å². The van der Waals surface area contributed by atoms with Gasteiger partial charge in [-0.2, -0.15) is 0 Å². The fourth-order valence-corrected chi connectivity index (χ4v) is 2.76. The fraction of sp³-hybridized carbons (Fsp3) is 0.154. The van der Waals surface area contributed by atoms with Gasteiger partial charge in [-0.1, -0.05) is 11.6 Å². The molecule has 6 heteroatoms. The van der Waals surface area contributed by atoms with Crippen molar-refractivity contribution < 1.29 is 9.18 Å². The highest BCUT2D eigenvalue weighted by Crippen LogP contribution is 2.23. The van der Waals surface area contributed by atoms with Crippen LogP contribution in [-0.2, 0) is 6.54 Å². The van der Waals surface area contributed by atoms with Crippen LogP contribution in [0.5, 0.6) is 0 Å². The molecule has 2 rings (SSSR count). The van der Waals surface area contributed by atoms with Gasteiger partial charge in [0.05, 0.1) is 16.6 Å². The molecule has 0 radical (unpaired) electrons. The third-order valence-electron chi connectivity index (χ3n) is 2.62. The van der Waals surface area contributed by atoms with E-state index in [1.807, 2.05) is 6.07 Å². The summed E-state index contributed by atoms with van der Waals surface area (Å²) in [6, 6.07) is 7.69. The van der Waals surface area contributed by atoms with Gasteiger partial charge in [-0.3, -0.25) is 4.79 Å². The molecule has 2 aromatic rings. The fourth-order valence-electron chi connectivity index (χ4n) is 1.62. The Labute approximate surface area is 119 Å². The maximum absolute atomic E-state index is 13.3. The van der Waals surface area contributed by atoms with Crippen molar-refractivity contribution in [3.8, 4) is 0 Å². The predicted molar refractivity (Wildman–Crippen MR) is 75.9 cm³/mol. The molecule has 1 aromatic carbocycles. The summed E-state index contributed by atoms with van der Waals surface area (Å²) < 4.78 is 14.0. The normalized spacial score (nSPS) is 10.5. The van der Waals surface area contributed by atoms with Gasteiger partial charge in [-0.25, -0.2) is 4.39 Å². The Morgan fingerprint density at radius 1 is 1.42 bits per heavy atom. The SMILES string of the molecule is CN(Cc1ccc(Cl)s1)C(=O)c1ccc(N)c(F)c1. The lowest BCUT2D eigenvalue weighted by atomic mass is 10.1. The number of hydrogen-bond donors (Lipinski definition) is 1. The largest absolute Gasteiger partial charge is 0.396 e. The minimum Gasteiger partial charge on any atom is -0.396 e. The summed E-state index contributed by atoms with van der Waals surface area (Å²) in [6.07, 6.45) is 0. The Morgan fingerprint density at radius 3 is 2.74 bits per heavy atom. The van der Waals surface area contributed by atoms with Crippen LogP contribution in [0.15, 0.2) is 30.3 Å². The maximum atomic E-state index is 13.3. The summed E-state index contributed by atoms with van der Waals surface area (Å²) in [5, 5.41) is 0.